The lowest BCUT2D eigenvalue weighted by Crippen LogP contribution is -2.23. The summed E-state index contributed by atoms with van der Waals surface area (Å²) in [6.07, 6.45) is 3.78. The molecule has 2 heterocycles. The summed E-state index contributed by atoms with van der Waals surface area (Å²) in [5.74, 6) is 0.488. The van der Waals surface area contributed by atoms with Crippen LogP contribution in [-0.2, 0) is 23.1 Å². The molecule has 0 amide bonds. The molecule has 0 aromatic carbocycles. The SMILES string of the molecule is Cc1cc(S(=O)(=O)NCc2ncn[nH]2)sc1CNC1CC1. The van der Waals surface area contributed by atoms with Crippen molar-refractivity contribution in [3.63, 3.8) is 0 Å². The van der Waals surface area contributed by atoms with Gasteiger partial charge in [0.2, 0.25) is 10.0 Å². The number of thiophene rings is 1. The molecule has 3 N–H and O–H groups in total. The van der Waals surface area contributed by atoms with Crippen molar-refractivity contribution in [2.75, 3.05) is 0 Å². The lowest BCUT2D eigenvalue weighted by Gasteiger charge is -2.02. The fourth-order valence-corrected chi connectivity index (χ4v) is 4.44. The predicted molar refractivity (Wildman–Crippen MR) is 79.3 cm³/mol. The van der Waals surface area contributed by atoms with Crippen LogP contribution in [-0.4, -0.2) is 29.6 Å². The number of sulfonamides is 1. The zero-order valence-corrected chi connectivity index (χ0v) is 13.2. The van der Waals surface area contributed by atoms with Crippen LogP contribution in [0.25, 0.3) is 0 Å². The first-order valence-corrected chi connectivity index (χ1v) is 9.01. The quantitative estimate of drug-likeness (QED) is 0.702. The Labute approximate surface area is 127 Å². The van der Waals surface area contributed by atoms with Crippen LogP contribution in [0.15, 0.2) is 16.6 Å². The zero-order chi connectivity index (χ0) is 14.9. The van der Waals surface area contributed by atoms with E-state index in [4.69, 9.17) is 0 Å². The van der Waals surface area contributed by atoms with Crippen LogP contribution in [0.3, 0.4) is 0 Å². The third-order valence-corrected chi connectivity index (χ3v) is 6.40. The minimum atomic E-state index is -3.51. The van der Waals surface area contributed by atoms with Crippen molar-refractivity contribution in [2.24, 2.45) is 0 Å². The third-order valence-electron chi connectivity index (χ3n) is 3.29. The van der Waals surface area contributed by atoms with Gasteiger partial charge >= 0.3 is 0 Å². The molecule has 2 aromatic rings. The summed E-state index contributed by atoms with van der Waals surface area (Å²) in [4.78, 5) is 4.96. The van der Waals surface area contributed by atoms with E-state index in [1.54, 1.807) is 6.07 Å². The summed E-state index contributed by atoms with van der Waals surface area (Å²) in [5, 5.41) is 9.71. The second-order valence-corrected chi connectivity index (χ2v) is 8.21. The van der Waals surface area contributed by atoms with Crippen molar-refractivity contribution in [2.45, 2.75) is 43.1 Å². The monoisotopic (exact) mass is 327 g/mol. The van der Waals surface area contributed by atoms with E-state index < -0.39 is 10.0 Å². The Kier molecular flexibility index (Phi) is 4.07. The maximum Gasteiger partial charge on any atom is 0.250 e. The number of H-pyrrole nitrogens is 1. The van der Waals surface area contributed by atoms with Gasteiger partial charge in [0.1, 0.15) is 16.4 Å². The molecule has 114 valence electrons. The molecule has 1 fully saturated rings. The number of aromatic nitrogens is 3. The summed E-state index contributed by atoms with van der Waals surface area (Å²) in [7, 11) is -3.51. The van der Waals surface area contributed by atoms with Gasteiger partial charge in [-0.05, 0) is 31.4 Å². The number of aromatic amines is 1. The van der Waals surface area contributed by atoms with Gasteiger partial charge in [-0.2, -0.15) is 5.10 Å². The molecule has 9 heteroatoms. The van der Waals surface area contributed by atoms with E-state index in [0.29, 0.717) is 16.1 Å². The van der Waals surface area contributed by atoms with Gasteiger partial charge in [0, 0.05) is 17.5 Å². The highest BCUT2D eigenvalue weighted by atomic mass is 32.2. The summed E-state index contributed by atoms with van der Waals surface area (Å²) in [6, 6.07) is 2.33. The van der Waals surface area contributed by atoms with Crippen LogP contribution in [0.5, 0.6) is 0 Å². The van der Waals surface area contributed by atoms with Crippen LogP contribution in [0.1, 0.15) is 29.1 Å². The number of hydrogen-bond donors (Lipinski definition) is 3. The number of hydrogen-bond acceptors (Lipinski definition) is 6. The minimum Gasteiger partial charge on any atom is -0.309 e. The highest BCUT2D eigenvalue weighted by molar-refractivity contribution is 7.91. The number of nitrogens with zero attached hydrogens (tertiary/aromatic N) is 2. The Morgan fingerprint density at radius 1 is 1.43 bits per heavy atom. The number of rotatable bonds is 7. The largest absolute Gasteiger partial charge is 0.309 e. The van der Waals surface area contributed by atoms with Gasteiger partial charge in [-0.1, -0.05) is 0 Å². The molecule has 1 aliphatic rings. The van der Waals surface area contributed by atoms with E-state index >= 15 is 0 Å². The van der Waals surface area contributed by atoms with E-state index in [-0.39, 0.29) is 6.54 Å². The van der Waals surface area contributed by atoms with Crippen LogP contribution >= 0.6 is 11.3 Å². The third kappa shape index (κ3) is 3.67. The van der Waals surface area contributed by atoms with Gasteiger partial charge < -0.3 is 5.32 Å². The molecule has 0 unspecified atom stereocenters. The van der Waals surface area contributed by atoms with Crippen molar-refractivity contribution in [3.05, 3.63) is 28.7 Å². The standard InChI is InChI=1S/C12H17N5O2S2/c1-8-4-12(20-10(8)5-13-9-2-3-9)21(18,19)16-6-11-14-7-15-17-11/h4,7,9,13,16H,2-3,5-6H2,1H3,(H,14,15,17). The summed E-state index contributed by atoms with van der Waals surface area (Å²) in [6.45, 7) is 2.78. The predicted octanol–water partition coefficient (Wildman–Crippen LogP) is 0.905. The molecule has 3 rings (SSSR count). The van der Waals surface area contributed by atoms with Gasteiger partial charge in [0.05, 0.1) is 6.54 Å². The molecule has 0 saturated heterocycles. The van der Waals surface area contributed by atoms with Gasteiger partial charge in [-0.15, -0.1) is 11.3 Å². The molecule has 0 atom stereocenters. The van der Waals surface area contributed by atoms with Gasteiger partial charge in [-0.3, -0.25) is 5.10 Å². The lowest BCUT2D eigenvalue weighted by molar-refractivity contribution is 0.581. The second kappa shape index (κ2) is 5.84. The minimum absolute atomic E-state index is 0.106. The maximum atomic E-state index is 12.3. The fourth-order valence-electron chi connectivity index (χ4n) is 1.87. The summed E-state index contributed by atoms with van der Waals surface area (Å²) >= 11 is 1.31. The average Bonchev–Trinajstić information content (AvgIpc) is 2.98. The summed E-state index contributed by atoms with van der Waals surface area (Å²) in [5.41, 5.74) is 1.01. The van der Waals surface area contributed by atoms with Gasteiger partial charge in [0.15, 0.2) is 0 Å². The molecule has 2 aromatic heterocycles. The molecule has 21 heavy (non-hydrogen) atoms. The summed E-state index contributed by atoms with van der Waals surface area (Å²) < 4.78 is 27.4. The fraction of sp³-hybridized carbons (Fsp3) is 0.500. The van der Waals surface area contributed by atoms with E-state index in [1.165, 1.54) is 30.5 Å². The van der Waals surface area contributed by atoms with Gasteiger partial charge in [0.25, 0.3) is 0 Å². The molecular formula is C12H17N5O2S2. The Morgan fingerprint density at radius 2 is 2.24 bits per heavy atom. The molecular weight excluding hydrogens is 310 g/mol. The van der Waals surface area contributed by atoms with Crippen molar-refractivity contribution < 1.29 is 8.42 Å². The van der Waals surface area contributed by atoms with Crippen LogP contribution in [0, 0.1) is 6.92 Å². The van der Waals surface area contributed by atoms with Crippen molar-refractivity contribution in [1.29, 1.82) is 0 Å². The van der Waals surface area contributed by atoms with Crippen molar-refractivity contribution in [1.82, 2.24) is 25.2 Å². The van der Waals surface area contributed by atoms with Crippen molar-refractivity contribution in [3.8, 4) is 0 Å². The molecule has 7 nitrogen and oxygen atoms in total. The first kappa shape index (κ1) is 14.6. The van der Waals surface area contributed by atoms with Crippen LogP contribution < -0.4 is 10.0 Å². The number of aryl methyl sites for hydroxylation is 1. The lowest BCUT2D eigenvalue weighted by atomic mass is 10.3. The van der Waals surface area contributed by atoms with Gasteiger partial charge in [-0.25, -0.2) is 18.1 Å². The Balaban J connectivity index is 1.67. The van der Waals surface area contributed by atoms with Crippen LogP contribution in [0.4, 0.5) is 0 Å². The average molecular weight is 327 g/mol. The molecule has 0 bridgehead atoms. The Morgan fingerprint density at radius 3 is 2.90 bits per heavy atom. The molecule has 0 spiro atoms. The highest BCUT2D eigenvalue weighted by Crippen LogP contribution is 2.27. The highest BCUT2D eigenvalue weighted by Gasteiger charge is 2.22. The smallest absolute Gasteiger partial charge is 0.250 e. The first-order chi connectivity index (χ1) is 10.0. The second-order valence-electron chi connectivity index (χ2n) is 5.08. The molecule has 0 aliphatic heterocycles. The normalized spacial score (nSPS) is 15.5. The maximum absolute atomic E-state index is 12.3. The van der Waals surface area contributed by atoms with E-state index in [0.717, 1.165) is 17.0 Å². The molecule has 1 saturated carbocycles. The molecule has 0 radical (unpaired) electrons. The van der Waals surface area contributed by atoms with E-state index in [9.17, 15) is 8.42 Å². The zero-order valence-electron chi connectivity index (χ0n) is 11.6. The van der Waals surface area contributed by atoms with Crippen LogP contribution in [0.2, 0.25) is 0 Å². The first-order valence-electron chi connectivity index (χ1n) is 6.71. The van der Waals surface area contributed by atoms with E-state index in [1.807, 2.05) is 6.92 Å². The molecule has 1 aliphatic carbocycles. The van der Waals surface area contributed by atoms with Crippen molar-refractivity contribution >= 4 is 21.4 Å². The topological polar surface area (TPSA) is 99.8 Å². The Bertz CT molecular complexity index is 704. The van der Waals surface area contributed by atoms with E-state index in [2.05, 4.69) is 25.2 Å². The number of nitrogens with one attached hydrogen (secondary N) is 3. The Hall–Kier alpha value is -1.29.